The topological polar surface area (TPSA) is 263 Å². The first-order valence-corrected chi connectivity index (χ1v) is 9.84. The second-order valence-electron chi connectivity index (χ2n) is 7.41. The number of carbonyl (C=O) groups excluding carboxylic acids is 4. The SMILES string of the molecule is CC(O)C(NC(=O)C(N)Cc1cnc[nH]1)C(=O)NC(C(=O)NC(CC(N)=O)C(=O)O)C(C)O. The van der Waals surface area contributed by atoms with E-state index in [0.717, 1.165) is 6.92 Å². The monoisotopic (exact) mass is 471 g/mol. The molecular weight excluding hydrogens is 442 g/mol. The minimum Gasteiger partial charge on any atom is -0.480 e. The van der Waals surface area contributed by atoms with Crippen LogP contribution >= 0.6 is 0 Å². The molecule has 0 aromatic carbocycles. The fourth-order valence-electron chi connectivity index (χ4n) is 2.70. The first-order valence-electron chi connectivity index (χ1n) is 9.84. The van der Waals surface area contributed by atoms with Crippen molar-refractivity contribution in [3.63, 3.8) is 0 Å². The van der Waals surface area contributed by atoms with Crippen molar-refractivity contribution in [1.82, 2.24) is 25.9 Å². The van der Waals surface area contributed by atoms with Crippen molar-refractivity contribution in [2.75, 3.05) is 0 Å². The Morgan fingerprint density at radius 3 is 1.94 bits per heavy atom. The molecule has 0 aliphatic heterocycles. The fraction of sp³-hybridized carbons (Fsp3) is 0.556. The number of aromatic nitrogens is 2. The van der Waals surface area contributed by atoms with Crippen molar-refractivity contribution in [1.29, 1.82) is 0 Å². The van der Waals surface area contributed by atoms with Crippen molar-refractivity contribution in [2.45, 2.75) is 63.1 Å². The summed E-state index contributed by atoms with van der Waals surface area (Å²) in [6, 6.07) is -6.02. The third kappa shape index (κ3) is 8.83. The molecule has 1 rings (SSSR count). The van der Waals surface area contributed by atoms with Gasteiger partial charge in [-0.3, -0.25) is 19.2 Å². The maximum absolute atomic E-state index is 12.7. The summed E-state index contributed by atoms with van der Waals surface area (Å²) >= 11 is 0. The number of aliphatic hydroxyl groups excluding tert-OH is 2. The van der Waals surface area contributed by atoms with E-state index < -0.39 is 72.4 Å². The summed E-state index contributed by atoms with van der Waals surface area (Å²) in [4.78, 5) is 66.2. The van der Waals surface area contributed by atoms with Crippen molar-refractivity contribution in [3.8, 4) is 0 Å². The van der Waals surface area contributed by atoms with Crippen molar-refractivity contribution in [2.24, 2.45) is 11.5 Å². The zero-order valence-electron chi connectivity index (χ0n) is 18.0. The lowest BCUT2D eigenvalue weighted by molar-refractivity contribution is -0.144. The van der Waals surface area contributed by atoms with Gasteiger partial charge in [-0.1, -0.05) is 0 Å². The van der Waals surface area contributed by atoms with Crippen LogP contribution in [0.3, 0.4) is 0 Å². The molecule has 0 spiro atoms. The summed E-state index contributed by atoms with van der Waals surface area (Å²) in [6.07, 6.45) is -0.735. The number of aliphatic carboxylic acids is 1. The van der Waals surface area contributed by atoms with E-state index in [1.165, 1.54) is 19.4 Å². The molecule has 15 heteroatoms. The van der Waals surface area contributed by atoms with E-state index in [-0.39, 0.29) is 6.42 Å². The van der Waals surface area contributed by atoms with Crippen LogP contribution in [0.25, 0.3) is 0 Å². The molecule has 1 heterocycles. The van der Waals surface area contributed by atoms with E-state index in [2.05, 4.69) is 20.6 Å². The summed E-state index contributed by atoms with van der Waals surface area (Å²) in [5, 5.41) is 35.4. The molecule has 11 N–H and O–H groups in total. The number of nitrogens with one attached hydrogen (secondary N) is 4. The zero-order valence-corrected chi connectivity index (χ0v) is 18.0. The van der Waals surface area contributed by atoms with Gasteiger partial charge in [-0.25, -0.2) is 9.78 Å². The number of nitrogens with two attached hydrogens (primary N) is 2. The van der Waals surface area contributed by atoms with Gasteiger partial charge >= 0.3 is 5.97 Å². The van der Waals surface area contributed by atoms with Gasteiger partial charge in [-0.05, 0) is 13.8 Å². The number of H-pyrrole nitrogens is 1. The number of nitrogens with zero attached hydrogens (tertiary/aromatic N) is 1. The molecule has 0 saturated heterocycles. The largest absolute Gasteiger partial charge is 0.480 e. The zero-order chi connectivity index (χ0) is 25.3. The van der Waals surface area contributed by atoms with Crippen molar-refractivity contribution >= 4 is 29.6 Å². The maximum Gasteiger partial charge on any atom is 0.326 e. The molecule has 0 aliphatic rings. The number of carbonyl (C=O) groups is 5. The summed E-state index contributed by atoms with van der Waals surface area (Å²) < 4.78 is 0. The molecule has 33 heavy (non-hydrogen) atoms. The van der Waals surface area contributed by atoms with Crippen LogP contribution in [-0.2, 0) is 30.4 Å². The Kier molecular flexibility index (Phi) is 10.4. The van der Waals surface area contributed by atoms with E-state index in [9.17, 15) is 34.2 Å². The average molecular weight is 471 g/mol. The van der Waals surface area contributed by atoms with Gasteiger partial charge in [0.15, 0.2) is 0 Å². The second-order valence-corrected chi connectivity index (χ2v) is 7.41. The summed E-state index contributed by atoms with van der Waals surface area (Å²) in [6.45, 7) is 2.35. The van der Waals surface area contributed by atoms with Gasteiger partial charge in [0.25, 0.3) is 0 Å². The Bertz CT molecular complexity index is 843. The molecule has 0 radical (unpaired) electrons. The maximum atomic E-state index is 12.7. The predicted molar refractivity (Wildman–Crippen MR) is 111 cm³/mol. The van der Waals surface area contributed by atoms with Crippen LogP contribution in [0.1, 0.15) is 26.0 Å². The average Bonchev–Trinajstić information content (AvgIpc) is 3.21. The third-order valence-electron chi connectivity index (χ3n) is 4.48. The number of aliphatic hydroxyl groups is 2. The molecule has 184 valence electrons. The van der Waals surface area contributed by atoms with Crippen LogP contribution in [0.4, 0.5) is 0 Å². The highest BCUT2D eigenvalue weighted by atomic mass is 16.4. The Hall–Kier alpha value is -3.56. The summed E-state index contributed by atoms with van der Waals surface area (Å²) in [7, 11) is 0. The number of hydrogen-bond acceptors (Lipinski definition) is 9. The molecular formula is C18H29N7O8. The van der Waals surface area contributed by atoms with E-state index in [0.29, 0.717) is 5.69 Å². The van der Waals surface area contributed by atoms with Crippen LogP contribution in [0.15, 0.2) is 12.5 Å². The molecule has 1 aromatic rings. The van der Waals surface area contributed by atoms with Crippen molar-refractivity contribution in [3.05, 3.63) is 18.2 Å². The predicted octanol–water partition coefficient (Wildman–Crippen LogP) is -4.54. The highest BCUT2D eigenvalue weighted by Gasteiger charge is 2.34. The highest BCUT2D eigenvalue weighted by molar-refractivity contribution is 5.95. The normalized spacial score (nSPS) is 16.4. The number of rotatable bonds is 13. The van der Waals surface area contributed by atoms with Crippen molar-refractivity contribution < 1.29 is 39.3 Å². The van der Waals surface area contributed by atoms with Crippen LogP contribution in [-0.4, -0.2) is 91.3 Å². The van der Waals surface area contributed by atoms with E-state index >= 15 is 0 Å². The lowest BCUT2D eigenvalue weighted by atomic mass is 10.1. The smallest absolute Gasteiger partial charge is 0.326 e. The Labute approximate surface area is 188 Å². The molecule has 0 saturated carbocycles. The minimum absolute atomic E-state index is 0.0646. The second kappa shape index (κ2) is 12.5. The van der Waals surface area contributed by atoms with E-state index in [4.69, 9.17) is 16.6 Å². The lowest BCUT2D eigenvalue weighted by Gasteiger charge is -2.27. The molecule has 0 aliphatic carbocycles. The number of amides is 4. The quantitative estimate of drug-likeness (QED) is 0.133. The molecule has 15 nitrogen and oxygen atoms in total. The molecule has 1 aromatic heterocycles. The fourth-order valence-corrected chi connectivity index (χ4v) is 2.70. The molecule has 4 amide bonds. The minimum atomic E-state index is -1.69. The Morgan fingerprint density at radius 1 is 1.00 bits per heavy atom. The van der Waals surface area contributed by atoms with E-state index in [1.54, 1.807) is 0 Å². The van der Waals surface area contributed by atoms with Gasteiger partial charge in [0.2, 0.25) is 23.6 Å². The van der Waals surface area contributed by atoms with Crippen LogP contribution < -0.4 is 27.4 Å². The standard InChI is InChI=1S/C18H29N7O8/c1-7(26)13(16(30)23-11(18(32)33)4-12(20)28)25-17(31)14(8(2)27)24-15(29)10(19)3-9-5-21-6-22-9/h5-8,10-11,13-14,26-27H,3-4,19H2,1-2H3,(H2,20,28)(H,21,22)(H,23,30)(H,24,29)(H,25,31)(H,32,33). The molecule has 0 fully saturated rings. The first-order chi connectivity index (χ1) is 15.3. The molecule has 6 atom stereocenters. The Morgan fingerprint density at radius 2 is 1.52 bits per heavy atom. The van der Waals surface area contributed by atoms with Gasteiger partial charge < -0.3 is 47.7 Å². The van der Waals surface area contributed by atoms with Gasteiger partial charge in [-0.2, -0.15) is 0 Å². The molecule has 0 bridgehead atoms. The van der Waals surface area contributed by atoms with Gasteiger partial charge in [0.05, 0.1) is 31.0 Å². The highest BCUT2D eigenvalue weighted by Crippen LogP contribution is 2.03. The summed E-state index contributed by atoms with van der Waals surface area (Å²) in [5.74, 6) is -5.51. The summed E-state index contributed by atoms with van der Waals surface area (Å²) in [5.41, 5.74) is 11.3. The molecule has 6 unspecified atom stereocenters. The Balaban J connectivity index is 2.87. The van der Waals surface area contributed by atoms with Gasteiger partial charge in [0.1, 0.15) is 18.1 Å². The first kappa shape index (κ1) is 27.5. The van der Waals surface area contributed by atoms with Crippen LogP contribution in [0.2, 0.25) is 0 Å². The van der Waals surface area contributed by atoms with Gasteiger partial charge in [0, 0.05) is 18.3 Å². The van der Waals surface area contributed by atoms with Crippen LogP contribution in [0, 0.1) is 0 Å². The lowest BCUT2D eigenvalue weighted by Crippen LogP contribution is -2.62. The number of hydrogen-bond donors (Lipinski definition) is 9. The number of imidazole rings is 1. The number of aromatic amines is 1. The van der Waals surface area contributed by atoms with E-state index in [1.807, 2.05) is 5.32 Å². The number of carboxylic acid groups (broad SMARTS) is 1. The number of carboxylic acids is 1. The van der Waals surface area contributed by atoms with Crippen LogP contribution in [0.5, 0.6) is 0 Å². The number of primary amides is 1. The third-order valence-corrected chi connectivity index (χ3v) is 4.48. The van der Waals surface area contributed by atoms with Gasteiger partial charge in [-0.15, -0.1) is 0 Å².